The maximum atomic E-state index is 11.3. The van der Waals surface area contributed by atoms with Crippen LogP contribution in [0.15, 0.2) is 0 Å². The van der Waals surface area contributed by atoms with Gasteiger partial charge in [-0.15, -0.1) is 0 Å². The Bertz CT molecular complexity index is 438. The first kappa shape index (κ1) is 14.9. The van der Waals surface area contributed by atoms with Gasteiger partial charge in [0.25, 0.3) is 0 Å². The number of hydrogen-bond donors (Lipinski definition) is 2. The number of anilines is 1. The van der Waals surface area contributed by atoms with Gasteiger partial charge in [0.15, 0.2) is 0 Å². The molecule has 0 spiro atoms. The molecule has 0 amide bonds. The molecule has 6 heteroatoms. The zero-order valence-electron chi connectivity index (χ0n) is 11.7. The van der Waals surface area contributed by atoms with E-state index >= 15 is 0 Å². The lowest BCUT2D eigenvalue weighted by Gasteiger charge is -2.38. The van der Waals surface area contributed by atoms with Crippen LogP contribution in [0.1, 0.15) is 53.3 Å². The number of carbonyl (C=O) groups is 1. The summed E-state index contributed by atoms with van der Waals surface area (Å²) in [4.78, 5) is 15.7. The Kier molecular flexibility index (Phi) is 4.00. The molecule has 0 aliphatic heterocycles. The molecule has 1 rings (SSSR count). The van der Waals surface area contributed by atoms with Crippen molar-refractivity contribution in [3.05, 3.63) is 5.82 Å². The van der Waals surface area contributed by atoms with Crippen molar-refractivity contribution in [1.82, 2.24) is 9.36 Å². The SMILES string of the molecule is CC(C)c1nsc(NC(C)(C)C(C)(C)C(=O)O)n1. The summed E-state index contributed by atoms with van der Waals surface area (Å²) >= 11 is 1.27. The number of carboxylic acids is 1. The molecule has 0 radical (unpaired) electrons. The van der Waals surface area contributed by atoms with Crippen LogP contribution in [0.5, 0.6) is 0 Å². The monoisotopic (exact) mass is 271 g/mol. The second-order valence-electron chi connectivity index (χ2n) is 5.79. The van der Waals surface area contributed by atoms with E-state index in [0.29, 0.717) is 5.13 Å². The van der Waals surface area contributed by atoms with Crippen LogP contribution < -0.4 is 5.32 Å². The van der Waals surface area contributed by atoms with Gasteiger partial charge in [0.1, 0.15) is 5.82 Å². The summed E-state index contributed by atoms with van der Waals surface area (Å²) in [5.74, 6) is 0.215. The number of rotatable bonds is 5. The minimum absolute atomic E-state index is 0.271. The van der Waals surface area contributed by atoms with Crippen molar-refractivity contribution >= 4 is 22.6 Å². The Balaban J connectivity index is 2.91. The fourth-order valence-corrected chi connectivity index (χ4v) is 2.08. The van der Waals surface area contributed by atoms with Crippen molar-refractivity contribution in [1.29, 1.82) is 0 Å². The van der Waals surface area contributed by atoms with E-state index in [4.69, 9.17) is 0 Å². The second kappa shape index (κ2) is 4.84. The van der Waals surface area contributed by atoms with Crippen molar-refractivity contribution in [3.63, 3.8) is 0 Å². The highest BCUT2D eigenvalue weighted by molar-refractivity contribution is 7.09. The molecule has 0 bridgehead atoms. The van der Waals surface area contributed by atoms with Crippen molar-refractivity contribution in [2.24, 2.45) is 5.41 Å². The van der Waals surface area contributed by atoms with Gasteiger partial charge in [0.05, 0.1) is 5.41 Å². The van der Waals surface area contributed by atoms with Crippen molar-refractivity contribution in [3.8, 4) is 0 Å². The van der Waals surface area contributed by atoms with Gasteiger partial charge in [0, 0.05) is 23.0 Å². The Morgan fingerprint density at radius 2 is 1.89 bits per heavy atom. The lowest BCUT2D eigenvalue weighted by molar-refractivity contribution is -0.149. The van der Waals surface area contributed by atoms with Crippen molar-refractivity contribution in [2.75, 3.05) is 5.32 Å². The van der Waals surface area contributed by atoms with E-state index in [1.54, 1.807) is 13.8 Å². The van der Waals surface area contributed by atoms with Gasteiger partial charge in [-0.2, -0.15) is 4.37 Å². The average molecular weight is 271 g/mol. The van der Waals surface area contributed by atoms with Crippen LogP contribution in [0.25, 0.3) is 0 Å². The summed E-state index contributed by atoms with van der Waals surface area (Å²) in [6, 6.07) is 0. The molecule has 0 aliphatic carbocycles. The standard InChI is InChI=1S/C12H21N3O2S/c1-7(2)8-13-10(18-15-8)14-12(5,6)11(3,4)9(16)17/h7H,1-6H3,(H,16,17)(H,13,14,15). The van der Waals surface area contributed by atoms with Gasteiger partial charge in [-0.1, -0.05) is 13.8 Å². The van der Waals surface area contributed by atoms with Crippen LogP contribution in [-0.2, 0) is 4.79 Å². The zero-order valence-corrected chi connectivity index (χ0v) is 12.6. The highest BCUT2D eigenvalue weighted by atomic mass is 32.1. The van der Waals surface area contributed by atoms with E-state index in [1.807, 2.05) is 27.7 Å². The third-order valence-electron chi connectivity index (χ3n) is 3.47. The lowest BCUT2D eigenvalue weighted by atomic mass is 9.74. The highest BCUT2D eigenvalue weighted by Crippen LogP contribution is 2.34. The molecule has 0 saturated heterocycles. The summed E-state index contributed by atoms with van der Waals surface area (Å²) in [5, 5.41) is 13.1. The largest absolute Gasteiger partial charge is 0.481 e. The van der Waals surface area contributed by atoms with E-state index in [2.05, 4.69) is 14.7 Å². The van der Waals surface area contributed by atoms with Crippen LogP contribution in [0.4, 0.5) is 5.13 Å². The molecule has 18 heavy (non-hydrogen) atoms. The van der Waals surface area contributed by atoms with E-state index in [1.165, 1.54) is 11.5 Å². The number of aliphatic carboxylic acids is 1. The van der Waals surface area contributed by atoms with Crippen LogP contribution in [0.3, 0.4) is 0 Å². The normalized spacial score (nSPS) is 12.8. The molecule has 1 aromatic rings. The molecular weight excluding hydrogens is 250 g/mol. The molecule has 5 nitrogen and oxygen atoms in total. The van der Waals surface area contributed by atoms with Gasteiger partial charge in [0.2, 0.25) is 5.13 Å². The van der Waals surface area contributed by atoms with Gasteiger partial charge in [-0.3, -0.25) is 4.79 Å². The van der Waals surface area contributed by atoms with Crippen molar-refractivity contribution in [2.45, 2.75) is 53.0 Å². The first-order valence-corrected chi connectivity index (χ1v) is 6.70. The molecule has 102 valence electrons. The molecule has 0 aromatic carbocycles. The lowest BCUT2D eigenvalue weighted by Crippen LogP contribution is -2.50. The molecule has 1 heterocycles. The first-order valence-electron chi connectivity index (χ1n) is 5.93. The minimum Gasteiger partial charge on any atom is -0.481 e. The van der Waals surface area contributed by atoms with Gasteiger partial charge < -0.3 is 10.4 Å². The minimum atomic E-state index is -0.906. The predicted molar refractivity (Wildman–Crippen MR) is 73.1 cm³/mol. The van der Waals surface area contributed by atoms with Gasteiger partial charge in [-0.25, -0.2) is 4.98 Å². The first-order chi connectivity index (χ1) is 8.08. The molecule has 2 N–H and O–H groups in total. The van der Waals surface area contributed by atoms with E-state index in [-0.39, 0.29) is 5.92 Å². The number of nitrogens with one attached hydrogen (secondary N) is 1. The number of hydrogen-bond acceptors (Lipinski definition) is 5. The Morgan fingerprint density at radius 3 is 2.28 bits per heavy atom. The van der Waals surface area contributed by atoms with Crippen LogP contribution in [-0.4, -0.2) is 26.0 Å². The summed E-state index contributed by atoms with van der Waals surface area (Å²) < 4.78 is 4.25. The third-order valence-corrected chi connectivity index (χ3v) is 4.12. The Hall–Kier alpha value is -1.17. The second-order valence-corrected chi connectivity index (χ2v) is 6.54. The fourth-order valence-electron chi connectivity index (χ4n) is 1.21. The number of aromatic nitrogens is 2. The van der Waals surface area contributed by atoms with Gasteiger partial charge in [-0.05, 0) is 27.7 Å². The molecule has 0 atom stereocenters. The van der Waals surface area contributed by atoms with Gasteiger partial charge >= 0.3 is 5.97 Å². The topological polar surface area (TPSA) is 75.1 Å². The zero-order chi connectivity index (χ0) is 14.1. The molecule has 0 unspecified atom stereocenters. The van der Waals surface area contributed by atoms with Crippen LogP contribution in [0.2, 0.25) is 0 Å². The molecule has 0 aliphatic rings. The highest BCUT2D eigenvalue weighted by Gasteiger charge is 2.44. The summed E-state index contributed by atoms with van der Waals surface area (Å²) in [5.41, 5.74) is -1.52. The van der Waals surface area contributed by atoms with Crippen molar-refractivity contribution < 1.29 is 9.90 Å². The average Bonchev–Trinajstić information content (AvgIpc) is 2.64. The fraction of sp³-hybridized carbons (Fsp3) is 0.750. The molecule has 0 fully saturated rings. The predicted octanol–water partition coefficient (Wildman–Crippen LogP) is 2.96. The summed E-state index contributed by atoms with van der Waals surface area (Å²) in [6.07, 6.45) is 0. The summed E-state index contributed by atoms with van der Waals surface area (Å²) in [6.45, 7) is 11.2. The van der Waals surface area contributed by atoms with E-state index < -0.39 is 16.9 Å². The quantitative estimate of drug-likeness (QED) is 0.861. The number of carboxylic acid groups (broad SMARTS) is 1. The Labute approximate surface area is 112 Å². The molecule has 0 saturated carbocycles. The number of nitrogens with zero attached hydrogens (tertiary/aromatic N) is 2. The smallest absolute Gasteiger partial charge is 0.311 e. The Morgan fingerprint density at radius 1 is 1.33 bits per heavy atom. The van der Waals surface area contributed by atoms with Crippen LogP contribution in [0, 0.1) is 5.41 Å². The third kappa shape index (κ3) is 2.80. The molecule has 1 aromatic heterocycles. The summed E-state index contributed by atoms with van der Waals surface area (Å²) in [7, 11) is 0. The van der Waals surface area contributed by atoms with E-state index in [0.717, 1.165) is 5.82 Å². The maximum Gasteiger partial charge on any atom is 0.311 e. The van der Waals surface area contributed by atoms with Crippen LogP contribution >= 0.6 is 11.5 Å². The maximum absolute atomic E-state index is 11.3. The molecular formula is C12H21N3O2S. The van der Waals surface area contributed by atoms with E-state index in [9.17, 15) is 9.90 Å².